The molecule has 0 radical (unpaired) electrons. The van der Waals surface area contributed by atoms with Crippen molar-refractivity contribution in [2.75, 3.05) is 0 Å². The number of carboxylic acid groups (broad SMARTS) is 1. The Labute approximate surface area is 91.5 Å². The quantitative estimate of drug-likeness (QED) is 0.765. The first-order valence-corrected chi connectivity index (χ1v) is 4.48. The molecule has 2 rings (SSSR count). The second kappa shape index (κ2) is 4.97. The van der Waals surface area contributed by atoms with Crippen molar-refractivity contribution in [3.63, 3.8) is 0 Å². The van der Waals surface area contributed by atoms with Crippen molar-refractivity contribution < 1.29 is 19.1 Å². The summed E-state index contributed by atoms with van der Waals surface area (Å²) < 4.78 is 5.15. The topological polar surface area (TPSA) is 93.5 Å². The Bertz CT molecular complexity index is 478. The van der Waals surface area contributed by atoms with Crippen LogP contribution in [0.5, 0.6) is 0 Å². The van der Waals surface area contributed by atoms with Crippen molar-refractivity contribution in [2.45, 2.75) is 6.92 Å². The van der Waals surface area contributed by atoms with Crippen molar-refractivity contribution in [1.29, 1.82) is 0 Å². The number of furan rings is 1. The van der Waals surface area contributed by atoms with Crippen LogP contribution in [0.1, 0.15) is 17.5 Å². The minimum Gasteiger partial charge on any atom is -0.481 e. The standard InChI is InChI=1S/C9H7NO2.C2H4O2/c10-9(11)8-5-6-3-1-2-4-7(6)12-8;1-2(3)4/h1-5H,(H2,10,11);1H3,(H,3,4). The molecule has 0 aliphatic heterocycles. The zero-order chi connectivity index (χ0) is 12.1. The van der Waals surface area contributed by atoms with Crippen molar-refractivity contribution in [2.24, 2.45) is 5.73 Å². The first-order valence-electron chi connectivity index (χ1n) is 4.48. The van der Waals surface area contributed by atoms with Crippen molar-refractivity contribution in [1.82, 2.24) is 0 Å². The van der Waals surface area contributed by atoms with E-state index in [9.17, 15) is 4.79 Å². The van der Waals surface area contributed by atoms with Crippen LogP contribution in [0, 0.1) is 0 Å². The normalized spacial score (nSPS) is 9.31. The smallest absolute Gasteiger partial charge is 0.300 e. The fourth-order valence-corrected chi connectivity index (χ4v) is 1.10. The molecule has 5 nitrogen and oxygen atoms in total. The maximum atomic E-state index is 10.7. The lowest BCUT2D eigenvalue weighted by Crippen LogP contribution is -2.08. The molecule has 84 valence electrons. The molecule has 5 heteroatoms. The fraction of sp³-hybridized carbons (Fsp3) is 0.0909. The number of nitrogens with two attached hydrogens (primary N) is 1. The molecule has 0 bridgehead atoms. The molecule has 0 unspecified atom stereocenters. The lowest BCUT2D eigenvalue weighted by Gasteiger charge is -1.83. The molecular weight excluding hydrogens is 210 g/mol. The van der Waals surface area contributed by atoms with Crippen LogP contribution in [0.15, 0.2) is 34.7 Å². The monoisotopic (exact) mass is 221 g/mol. The maximum Gasteiger partial charge on any atom is 0.300 e. The van der Waals surface area contributed by atoms with E-state index >= 15 is 0 Å². The molecule has 0 aliphatic rings. The summed E-state index contributed by atoms with van der Waals surface area (Å²) in [5, 5.41) is 8.31. The number of amides is 1. The van der Waals surface area contributed by atoms with E-state index in [1.165, 1.54) is 0 Å². The number of rotatable bonds is 1. The third-order valence-corrected chi connectivity index (χ3v) is 1.67. The van der Waals surface area contributed by atoms with Gasteiger partial charge in [-0.3, -0.25) is 9.59 Å². The molecule has 0 fully saturated rings. The summed E-state index contributed by atoms with van der Waals surface area (Å²) in [6.07, 6.45) is 0. The third-order valence-electron chi connectivity index (χ3n) is 1.67. The van der Waals surface area contributed by atoms with Crippen LogP contribution in [0.2, 0.25) is 0 Å². The molecule has 0 spiro atoms. The second-order valence-corrected chi connectivity index (χ2v) is 3.03. The summed E-state index contributed by atoms with van der Waals surface area (Å²) in [7, 11) is 0. The van der Waals surface area contributed by atoms with Gasteiger partial charge in [0, 0.05) is 12.3 Å². The lowest BCUT2D eigenvalue weighted by atomic mass is 10.2. The summed E-state index contributed by atoms with van der Waals surface area (Å²) >= 11 is 0. The van der Waals surface area contributed by atoms with E-state index in [-0.39, 0.29) is 5.76 Å². The van der Waals surface area contributed by atoms with Gasteiger partial charge in [0.25, 0.3) is 11.9 Å². The van der Waals surface area contributed by atoms with E-state index in [0.717, 1.165) is 12.3 Å². The van der Waals surface area contributed by atoms with E-state index < -0.39 is 11.9 Å². The molecule has 2 aromatic rings. The summed E-state index contributed by atoms with van der Waals surface area (Å²) in [4.78, 5) is 19.7. The van der Waals surface area contributed by atoms with E-state index in [4.69, 9.17) is 20.1 Å². The maximum absolute atomic E-state index is 10.7. The molecule has 16 heavy (non-hydrogen) atoms. The number of hydrogen-bond acceptors (Lipinski definition) is 3. The Morgan fingerprint density at radius 1 is 1.31 bits per heavy atom. The Kier molecular flexibility index (Phi) is 3.66. The third kappa shape index (κ3) is 3.13. The van der Waals surface area contributed by atoms with Crippen LogP contribution >= 0.6 is 0 Å². The number of aliphatic carboxylic acids is 1. The van der Waals surface area contributed by atoms with Gasteiger partial charge in [0.15, 0.2) is 5.76 Å². The van der Waals surface area contributed by atoms with Gasteiger partial charge in [0.1, 0.15) is 5.58 Å². The van der Waals surface area contributed by atoms with E-state index in [0.29, 0.717) is 5.58 Å². The predicted molar refractivity (Wildman–Crippen MR) is 58.0 cm³/mol. The number of carbonyl (C=O) groups excluding carboxylic acids is 1. The van der Waals surface area contributed by atoms with Crippen LogP contribution in [-0.2, 0) is 4.79 Å². The minimum atomic E-state index is -0.833. The number of benzene rings is 1. The highest BCUT2D eigenvalue weighted by atomic mass is 16.4. The minimum absolute atomic E-state index is 0.205. The van der Waals surface area contributed by atoms with E-state index in [1.54, 1.807) is 12.1 Å². The fourth-order valence-electron chi connectivity index (χ4n) is 1.10. The van der Waals surface area contributed by atoms with Gasteiger partial charge in [0.05, 0.1) is 0 Å². The molecule has 1 aromatic carbocycles. The molecule has 0 aliphatic carbocycles. The Hall–Kier alpha value is -2.30. The highest BCUT2D eigenvalue weighted by Crippen LogP contribution is 2.17. The number of primary amides is 1. The van der Waals surface area contributed by atoms with Gasteiger partial charge in [-0.15, -0.1) is 0 Å². The Morgan fingerprint density at radius 2 is 1.88 bits per heavy atom. The summed E-state index contributed by atoms with van der Waals surface area (Å²) in [5.41, 5.74) is 5.73. The largest absolute Gasteiger partial charge is 0.481 e. The van der Waals surface area contributed by atoms with Crippen LogP contribution < -0.4 is 5.73 Å². The van der Waals surface area contributed by atoms with Gasteiger partial charge in [0.2, 0.25) is 0 Å². The number of para-hydroxylation sites is 1. The van der Waals surface area contributed by atoms with E-state index in [2.05, 4.69) is 0 Å². The van der Waals surface area contributed by atoms with Crippen LogP contribution in [0.4, 0.5) is 0 Å². The number of carboxylic acids is 1. The Morgan fingerprint density at radius 3 is 2.38 bits per heavy atom. The molecule has 0 atom stereocenters. The molecule has 0 saturated carbocycles. The lowest BCUT2D eigenvalue weighted by molar-refractivity contribution is -0.134. The van der Waals surface area contributed by atoms with Crippen LogP contribution in [-0.4, -0.2) is 17.0 Å². The van der Waals surface area contributed by atoms with E-state index in [1.807, 2.05) is 18.2 Å². The highest BCUT2D eigenvalue weighted by Gasteiger charge is 2.06. The molecule has 1 amide bonds. The molecule has 3 N–H and O–H groups in total. The molecular formula is C11H11NO4. The van der Waals surface area contributed by atoms with Crippen molar-refractivity contribution >= 4 is 22.8 Å². The summed E-state index contributed by atoms with van der Waals surface area (Å²) in [6, 6.07) is 9.02. The van der Waals surface area contributed by atoms with Crippen LogP contribution in [0.3, 0.4) is 0 Å². The first-order chi connectivity index (χ1) is 7.50. The van der Waals surface area contributed by atoms with Gasteiger partial charge < -0.3 is 15.3 Å². The average Bonchev–Trinajstić information content (AvgIpc) is 2.59. The number of fused-ring (bicyclic) bond motifs is 1. The number of hydrogen-bond donors (Lipinski definition) is 2. The van der Waals surface area contributed by atoms with Crippen molar-refractivity contribution in [3.05, 3.63) is 36.1 Å². The summed E-state index contributed by atoms with van der Waals surface area (Å²) in [6.45, 7) is 1.08. The van der Waals surface area contributed by atoms with Crippen molar-refractivity contribution in [3.8, 4) is 0 Å². The Balaban J connectivity index is 0.000000280. The first kappa shape index (κ1) is 11.8. The second-order valence-electron chi connectivity index (χ2n) is 3.03. The zero-order valence-corrected chi connectivity index (χ0v) is 8.64. The molecule has 1 aromatic heterocycles. The van der Waals surface area contributed by atoms with Gasteiger partial charge in [-0.1, -0.05) is 18.2 Å². The van der Waals surface area contributed by atoms with Gasteiger partial charge in [-0.05, 0) is 12.1 Å². The zero-order valence-electron chi connectivity index (χ0n) is 8.64. The summed E-state index contributed by atoms with van der Waals surface area (Å²) in [5.74, 6) is -1.16. The highest BCUT2D eigenvalue weighted by molar-refractivity contribution is 5.94. The van der Waals surface area contributed by atoms with Gasteiger partial charge in [-0.25, -0.2) is 0 Å². The molecule has 0 saturated heterocycles. The predicted octanol–water partition coefficient (Wildman–Crippen LogP) is 1.62. The van der Waals surface area contributed by atoms with Crippen LogP contribution in [0.25, 0.3) is 11.0 Å². The molecule has 1 heterocycles. The average molecular weight is 221 g/mol. The number of carbonyl (C=O) groups is 2. The van der Waals surface area contributed by atoms with Gasteiger partial charge in [-0.2, -0.15) is 0 Å². The SMILES string of the molecule is CC(=O)O.NC(=O)c1cc2ccccc2o1. The van der Waals surface area contributed by atoms with Gasteiger partial charge >= 0.3 is 0 Å².